The maximum atomic E-state index is 12.1. The number of phenols is 1. The maximum Gasteiger partial charge on any atom is 0.339 e. The molecule has 1 rings (SSSR count). The van der Waals surface area contributed by atoms with Gasteiger partial charge in [-0.15, -0.1) is 0 Å². The largest absolute Gasteiger partial charge is 0.504 e. The Balaban J connectivity index is 3.58. The minimum absolute atomic E-state index is 0.0125. The Bertz CT molecular complexity index is 624. The number of rotatable bonds is 16. The summed E-state index contributed by atoms with van der Waals surface area (Å²) in [6, 6.07) is 0. The SMILES string of the molecule is CCCCCc1c(CCCCC)c(OOCC)c(O)c(C(=O)O)c1CCCCC. The highest BCUT2D eigenvalue weighted by Crippen LogP contribution is 2.42. The van der Waals surface area contributed by atoms with Crippen molar-refractivity contribution in [1.29, 1.82) is 0 Å². The lowest BCUT2D eigenvalue weighted by atomic mass is 9.86. The van der Waals surface area contributed by atoms with Gasteiger partial charge >= 0.3 is 5.97 Å². The molecular weight excluding hydrogens is 368 g/mol. The van der Waals surface area contributed by atoms with Crippen molar-refractivity contribution in [2.24, 2.45) is 0 Å². The summed E-state index contributed by atoms with van der Waals surface area (Å²) < 4.78 is 0. The Hall–Kier alpha value is -1.75. The Morgan fingerprint density at radius 3 is 1.69 bits per heavy atom. The average molecular weight is 409 g/mol. The molecule has 0 amide bonds. The van der Waals surface area contributed by atoms with E-state index in [1.165, 1.54) is 0 Å². The van der Waals surface area contributed by atoms with E-state index < -0.39 is 5.97 Å². The number of carboxylic acid groups (broad SMARTS) is 1. The second kappa shape index (κ2) is 14.3. The highest BCUT2D eigenvalue weighted by atomic mass is 17.2. The van der Waals surface area contributed by atoms with E-state index in [4.69, 9.17) is 9.78 Å². The predicted octanol–water partition coefficient (Wildman–Crippen LogP) is 6.62. The first-order chi connectivity index (χ1) is 14.0. The lowest BCUT2D eigenvalue weighted by Crippen LogP contribution is -2.13. The van der Waals surface area contributed by atoms with Crippen molar-refractivity contribution in [2.75, 3.05) is 6.61 Å². The molecule has 0 aliphatic heterocycles. The molecule has 0 heterocycles. The molecule has 0 aliphatic rings. The fourth-order valence-electron chi connectivity index (χ4n) is 3.80. The zero-order valence-corrected chi connectivity index (χ0v) is 18.8. The van der Waals surface area contributed by atoms with Gasteiger partial charge in [-0.25, -0.2) is 4.79 Å². The average Bonchev–Trinajstić information content (AvgIpc) is 2.69. The van der Waals surface area contributed by atoms with Crippen LogP contribution >= 0.6 is 0 Å². The molecule has 0 unspecified atom stereocenters. The number of hydrogen-bond donors (Lipinski definition) is 2. The van der Waals surface area contributed by atoms with Crippen molar-refractivity contribution in [2.45, 2.75) is 105 Å². The summed E-state index contributed by atoms with van der Waals surface area (Å²) in [4.78, 5) is 22.7. The van der Waals surface area contributed by atoms with Gasteiger partial charge in [0.25, 0.3) is 0 Å². The zero-order valence-electron chi connectivity index (χ0n) is 18.8. The molecule has 1 aromatic rings. The molecule has 0 aromatic heterocycles. The summed E-state index contributed by atoms with van der Waals surface area (Å²) in [5.41, 5.74) is 2.75. The minimum Gasteiger partial charge on any atom is -0.504 e. The van der Waals surface area contributed by atoms with Gasteiger partial charge in [-0.2, -0.15) is 4.89 Å². The van der Waals surface area contributed by atoms with E-state index in [9.17, 15) is 15.0 Å². The number of aromatic carboxylic acids is 1. The molecule has 5 nitrogen and oxygen atoms in total. The number of benzene rings is 1. The van der Waals surface area contributed by atoms with E-state index in [0.717, 1.165) is 87.3 Å². The first-order valence-electron chi connectivity index (χ1n) is 11.4. The van der Waals surface area contributed by atoms with E-state index in [-0.39, 0.29) is 17.1 Å². The summed E-state index contributed by atoms with van der Waals surface area (Å²) in [7, 11) is 0. The van der Waals surface area contributed by atoms with Gasteiger partial charge in [-0.3, -0.25) is 0 Å². The maximum absolute atomic E-state index is 12.1. The van der Waals surface area contributed by atoms with Crippen LogP contribution in [0.1, 0.15) is 113 Å². The Labute approximate surface area is 176 Å². The van der Waals surface area contributed by atoms with Crippen LogP contribution in [0.2, 0.25) is 0 Å². The topological polar surface area (TPSA) is 76.0 Å². The first kappa shape index (κ1) is 25.3. The van der Waals surface area contributed by atoms with Gasteiger partial charge in [0.05, 0.1) is 6.61 Å². The molecule has 1 aromatic carbocycles. The molecule has 29 heavy (non-hydrogen) atoms. The standard InChI is InChI=1S/C24H40O5/c1-5-9-12-15-18-19(16-13-10-6-2)21(24(26)27)22(25)23(29-28-8-4)20(18)17-14-11-7-3/h25H,5-17H2,1-4H3,(H,26,27). The highest BCUT2D eigenvalue weighted by Gasteiger charge is 2.28. The van der Waals surface area contributed by atoms with Gasteiger partial charge in [-0.05, 0) is 56.6 Å². The first-order valence-corrected chi connectivity index (χ1v) is 11.4. The van der Waals surface area contributed by atoms with Crippen molar-refractivity contribution in [3.05, 3.63) is 22.3 Å². The zero-order chi connectivity index (χ0) is 21.6. The lowest BCUT2D eigenvalue weighted by molar-refractivity contribution is -0.203. The molecule has 166 valence electrons. The molecule has 0 radical (unpaired) electrons. The molecule has 0 aliphatic carbocycles. The van der Waals surface area contributed by atoms with Gasteiger partial charge in [0.1, 0.15) is 5.56 Å². The van der Waals surface area contributed by atoms with E-state index in [2.05, 4.69) is 20.8 Å². The highest BCUT2D eigenvalue weighted by molar-refractivity contribution is 5.94. The van der Waals surface area contributed by atoms with Gasteiger partial charge in [0, 0.05) is 5.56 Å². The van der Waals surface area contributed by atoms with E-state index >= 15 is 0 Å². The van der Waals surface area contributed by atoms with Crippen LogP contribution in [0, 0.1) is 0 Å². The summed E-state index contributed by atoms with van der Waals surface area (Å²) in [5.74, 6) is -1.19. The Morgan fingerprint density at radius 2 is 1.24 bits per heavy atom. The van der Waals surface area contributed by atoms with Crippen LogP contribution in [0.4, 0.5) is 0 Å². The molecule has 2 N–H and O–H groups in total. The van der Waals surface area contributed by atoms with Gasteiger partial charge < -0.3 is 15.1 Å². The van der Waals surface area contributed by atoms with Gasteiger partial charge in [-0.1, -0.05) is 59.3 Å². The number of carbonyl (C=O) groups is 1. The lowest BCUT2D eigenvalue weighted by Gasteiger charge is -2.22. The van der Waals surface area contributed by atoms with Crippen molar-refractivity contribution in [3.63, 3.8) is 0 Å². The summed E-state index contributed by atoms with van der Waals surface area (Å²) in [6.07, 6.45) is 11.6. The minimum atomic E-state index is -1.10. The summed E-state index contributed by atoms with van der Waals surface area (Å²) >= 11 is 0. The van der Waals surface area contributed by atoms with Crippen LogP contribution in [0.5, 0.6) is 11.5 Å². The molecule has 0 saturated carbocycles. The van der Waals surface area contributed by atoms with Crippen LogP contribution in [0.15, 0.2) is 0 Å². The number of hydrogen-bond acceptors (Lipinski definition) is 4. The fraction of sp³-hybridized carbons (Fsp3) is 0.708. The van der Waals surface area contributed by atoms with Crippen LogP contribution in [-0.4, -0.2) is 22.8 Å². The van der Waals surface area contributed by atoms with Crippen LogP contribution in [0.25, 0.3) is 0 Å². The monoisotopic (exact) mass is 408 g/mol. The van der Waals surface area contributed by atoms with E-state index in [1.54, 1.807) is 6.92 Å². The number of carboxylic acids is 1. The van der Waals surface area contributed by atoms with Crippen LogP contribution in [0.3, 0.4) is 0 Å². The van der Waals surface area contributed by atoms with Crippen molar-refractivity contribution >= 4 is 5.97 Å². The normalized spacial score (nSPS) is 11.0. The molecular formula is C24H40O5. The Morgan fingerprint density at radius 1 is 0.759 bits per heavy atom. The molecule has 0 atom stereocenters. The fourth-order valence-corrected chi connectivity index (χ4v) is 3.80. The quantitative estimate of drug-likeness (QED) is 0.183. The third-order valence-corrected chi connectivity index (χ3v) is 5.32. The van der Waals surface area contributed by atoms with Crippen molar-refractivity contribution < 1.29 is 24.8 Å². The van der Waals surface area contributed by atoms with Gasteiger partial charge in [0.15, 0.2) is 5.75 Å². The van der Waals surface area contributed by atoms with E-state index in [1.807, 2.05) is 0 Å². The second-order valence-electron chi connectivity index (χ2n) is 7.65. The third-order valence-electron chi connectivity index (χ3n) is 5.32. The summed E-state index contributed by atoms with van der Waals surface area (Å²) in [5, 5.41) is 20.8. The molecule has 5 heteroatoms. The van der Waals surface area contributed by atoms with Crippen LogP contribution < -0.4 is 4.89 Å². The van der Waals surface area contributed by atoms with Gasteiger partial charge in [0.2, 0.25) is 5.75 Å². The predicted molar refractivity (Wildman–Crippen MR) is 117 cm³/mol. The van der Waals surface area contributed by atoms with E-state index in [0.29, 0.717) is 13.0 Å². The smallest absolute Gasteiger partial charge is 0.339 e. The van der Waals surface area contributed by atoms with Crippen LogP contribution in [-0.2, 0) is 24.2 Å². The Kier molecular flexibility index (Phi) is 12.4. The second-order valence-corrected chi connectivity index (χ2v) is 7.65. The van der Waals surface area contributed by atoms with Crippen molar-refractivity contribution in [1.82, 2.24) is 0 Å². The molecule has 0 fully saturated rings. The molecule has 0 spiro atoms. The summed E-state index contributed by atoms with van der Waals surface area (Å²) in [6.45, 7) is 8.56. The number of unbranched alkanes of at least 4 members (excludes halogenated alkanes) is 6. The van der Waals surface area contributed by atoms with Crippen molar-refractivity contribution in [3.8, 4) is 11.5 Å². The number of aromatic hydroxyl groups is 1. The molecule has 0 bridgehead atoms. The molecule has 0 saturated heterocycles. The third kappa shape index (κ3) is 7.54.